The van der Waals surface area contributed by atoms with Crippen LogP contribution in [-0.2, 0) is 9.53 Å². The average Bonchev–Trinajstić information content (AvgIpc) is 2.82. The van der Waals surface area contributed by atoms with Crippen molar-refractivity contribution in [3.63, 3.8) is 0 Å². The molecule has 2 aliphatic rings. The minimum atomic E-state index is 0.0411. The highest BCUT2D eigenvalue weighted by Gasteiger charge is 2.42. The smallest absolute Gasteiger partial charge is 0.136 e. The molecule has 0 aromatic rings. The molecule has 2 heterocycles. The molecule has 1 spiro atoms. The minimum absolute atomic E-state index is 0.0411. The van der Waals surface area contributed by atoms with E-state index in [0.29, 0.717) is 11.8 Å². The fraction of sp³-hybridized carbons (Fsp3) is 0.933. The van der Waals surface area contributed by atoms with E-state index in [9.17, 15) is 4.79 Å². The largest absolute Gasteiger partial charge is 0.374 e. The third kappa shape index (κ3) is 4.47. The van der Waals surface area contributed by atoms with E-state index in [-0.39, 0.29) is 11.5 Å². The molecule has 110 valence electrons. The van der Waals surface area contributed by atoms with E-state index in [1.807, 2.05) is 11.8 Å². The summed E-state index contributed by atoms with van der Waals surface area (Å²) in [6.07, 6.45) is 4.74. The van der Waals surface area contributed by atoms with Crippen LogP contribution in [0, 0.1) is 5.92 Å². The Hall–Kier alpha value is -0.0600. The lowest BCUT2D eigenvalue weighted by molar-refractivity contribution is -0.134. The van der Waals surface area contributed by atoms with Crippen LogP contribution in [0.3, 0.4) is 0 Å². The van der Waals surface area contributed by atoms with E-state index >= 15 is 0 Å². The van der Waals surface area contributed by atoms with Crippen LogP contribution < -0.4 is 5.32 Å². The predicted molar refractivity (Wildman–Crippen MR) is 80.7 cm³/mol. The molecule has 0 aliphatic carbocycles. The summed E-state index contributed by atoms with van der Waals surface area (Å²) in [6.45, 7) is 6.01. The first-order chi connectivity index (χ1) is 9.11. The molecule has 0 aromatic carbocycles. The normalized spacial score (nSPS) is 31.2. The van der Waals surface area contributed by atoms with Gasteiger partial charge in [0.15, 0.2) is 0 Å². The summed E-state index contributed by atoms with van der Waals surface area (Å²) in [5.41, 5.74) is 0.0411. The van der Waals surface area contributed by atoms with E-state index in [2.05, 4.69) is 19.2 Å². The molecule has 2 saturated heterocycles. The van der Waals surface area contributed by atoms with Crippen molar-refractivity contribution >= 4 is 17.5 Å². The molecule has 3 nitrogen and oxygen atoms in total. The third-order valence-corrected chi connectivity index (χ3v) is 5.39. The fourth-order valence-corrected chi connectivity index (χ4v) is 4.40. The molecule has 0 bridgehead atoms. The van der Waals surface area contributed by atoms with Crippen LogP contribution in [0.1, 0.15) is 46.0 Å². The van der Waals surface area contributed by atoms with Crippen molar-refractivity contribution in [2.45, 2.75) is 57.6 Å². The number of thioether (sulfide) groups is 1. The number of ketones is 1. The summed E-state index contributed by atoms with van der Waals surface area (Å²) in [5.74, 6) is 3.00. The second kappa shape index (κ2) is 7.09. The van der Waals surface area contributed by atoms with Gasteiger partial charge in [-0.3, -0.25) is 4.79 Å². The first kappa shape index (κ1) is 15.3. The second-order valence-corrected chi connectivity index (χ2v) is 7.31. The maximum absolute atomic E-state index is 12.3. The maximum atomic E-state index is 12.3. The van der Waals surface area contributed by atoms with Crippen molar-refractivity contribution in [3.8, 4) is 0 Å². The second-order valence-electron chi connectivity index (χ2n) is 6.20. The van der Waals surface area contributed by atoms with Crippen LogP contribution in [-0.4, -0.2) is 42.1 Å². The number of hydrogen-bond acceptors (Lipinski definition) is 4. The molecule has 2 aliphatic heterocycles. The molecule has 4 heteroatoms. The summed E-state index contributed by atoms with van der Waals surface area (Å²) in [4.78, 5) is 12.3. The number of Topliss-reactive ketones (excluding diaryl/α,β-unsaturated/α-hetero) is 1. The Bertz CT molecular complexity index is 301. The molecule has 0 radical (unpaired) electrons. The first-order valence-electron chi connectivity index (χ1n) is 7.59. The highest BCUT2D eigenvalue weighted by atomic mass is 32.2. The van der Waals surface area contributed by atoms with Crippen molar-refractivity contribution in [3.05, 3.63) is 0 Å². The Morgan fingerprint density at radius 2 is 2.37 bits per heavy atom. The zero-order valence-electron chi connectivity index (χ0n) is 12.2. The van der Waals surface area contributed by atoms with Crippen molar-refractivity contribution in [2.24, 2.45) is 5.92 Å². The van der Waals surface area contributed by atoms with Crippen LogP contribution in [0.5, 0.6) is 0 Å². The van der Waals surface area contributed by atoms with Crippen molar-refractivity contribution in [1.29, 1.82) is 0 Å². The summed E-state index contributed by atoms with van der Waals surface area (Å²) in [6, 6.07) is 0.511. The summed E-state index contributed by atoms with van der Waals surface area (Å²) >= 11 is 1.97. The Morgan fingerprint density at radius 1 is 1.53 bits per heavy atom. The van der Waals surface area contributed by atoms with E-state index in [4.69, 9.17) is 4.74 Å². The SMILES string of the molecule is CC(C)NCCCC(=O)C1CCOC2(CCSC2)C1. The quantitative estimate of drug-likeness (QED) is 0.761. The molecule has 2 rings (SSSR count). The number of carbonyl (C=O) groups excluding carboxylic acids is 1. The maximum Gasteiger partial charge on any atom is 0.136 e. The van der Waals surface area contributed by atoms with E-state index in [0.717, 1.165) is 51.0 Å². The van der Waals surface area contributed by atoms with Gasteiger partial charge in [-0.15, -0.1) is 0 Å². The first-order valence-corrected chi connectivity index (χ1v) is 8.75. The van der Waals surface area contributed by atoms with E-state index in [1.165, 1.54) is 5.75 Å². The summed E-state index contributed by atoms with van der Waals surface area (Å²) < 4.78 is 5.98. The molecule has 1 N–H and O–H groups in total. The molecule has 2 unspecified atom stereocenters. The number of nitrogens with one attached hydrogen (secondary N) is 1. The van der Waals surface area contributed by atoms with Crippen molar-refractivity contribution in [1.82, 2.24) is 5.32 Å². The highest BCUT2D eigenvalue weighted by molar-refractivity contribution is 7.99. The fourth-order valence-electron chi connectivity index (χ4n) is 3.02. The summed E-state index contributed by atoms with van der Waals surface area (Å²) in [7, 11) is 0. The van der Waals surface area contributed by atoms with Crippen molar-refractivity contribution in [2.75, 3.05) is 24.7 Å². The Morgan fingerprint density at radius 3 is 3.05 bits per heavy atom. The van der Waals surface area contributed by atoms with E-state index in [1.54, 1.807) is 0 Å². The number of rotatable bonds is 6. The van der Waals surface area contributed by atoms with Gasteiger partial charge in [0.2, 0.25) is 0 Å². The van der Waals surface area contributed by atoms with Crippen LogP contribution in [0.2, 0.25) is 0 Å². The summed E-state index contributed by atoms with van der Waals surface area (Å²) in [5, 5.41) is 3.37. The topological polar surface area (TPSA) is 38.3 Å². The molecule has 2 atom stereocenters. The van der Waals surface area contributed by atoms with Gasteiger partial charge in [-0.2, -0.15) is 11.8 Å². The Balaban J connectivity index is 1.73. The van der Waals surface area contributed by atoms with Gasteiger partial charge in [0.05, 0.1) is 5.60 Å². The standard InChI is InChI=1S/C15H27NO2S/c1-12(2)16-7-3-4-14(17)13-5-8-18-15(10-13)6-9-19-11-15/h12-13,16H,3-11H2,1-2H3. The molecule has 0 amide bonds. The van der Waals surface area contributed by atoms with Gasteiger partial charge in [0.1, 0.15) is 5.78 Å². The molecule has 2 fully saturated rings. The Kier molecular flexibility index (Phi) is 5.72. The number of ether oxygens (including phenoxy) is 1. The molecular formula is C15H27NO2S. The predicted octanol–water partition coefficient (Wildman–Crippen LogP) is 2.64. The van der Waals surface area contributed by atoms with Gasteiger partial charge in [-0.1, -0.05) is 13.8 Å². The van der Waals surface area contributed by atoms with Crippen LogP contribution in [0.4, 0.5) is 0 Å². The van der Waals surface area contributed by atoms with Crippen LogP contribution in [0.15, 0.2) is 0 Å². The zero-order chi connectivity index (χ0) is 13.7. The van der Waals surface area contributed by atoms with Gasteiger partial charge < -0.3 is 10.1 Å². The minimum Gasteiger partial charge on any atom is -0.374 e. The van der Waals surface area contributed by atoms with Crippen LogP contribution >= 0.6 is 11.8 Å². The average molecular weight is 285 g/mol. The molecular weight excluding hydrogens is 258 g/mol. The van der Waals surface area contributed by atoms with Crippen LogP contribution in [0.25, 0.3) is 0 Å². The number of hydrogen-bond donors (Lipinski definition) is 1. The molecule has 0 aromatic heterocycles. The molecule has 0 saturated carbocycles. The van der Waals surface area contributed by atoms with E-state index < -0.39 is 0 Å². The lowest BCUT2D eigenvalue weighted by Gasteiger charge is -2.37. The highest BCUT2D eigenvalue weighted by Crippen LogP contribution is 2.40. The monoisotopic (exact) mass is 285 g/mol. The van der Waals surface area contributed by atoms with Gasteiger partial charge in [0.25, 0.3) is 0 Å². The van der Waals surface area contributed by atoms with Gasteiger partial charge in [0, 0.05) is 30.7 Å². The van der Waals surface area contributed by atoms with Gasteiger partial charge in [-0.05, 0) is 38.0 Å². The third-order valence-electron chi connectivity index (χ3n) is 4.17. The lowest BCUT2D eigenvalue weighted by Crippen LogP contribution is -2.42. The van der Waals surface area contributed by atoms with Crippen molar-refractivity contribution < 1.29 is 9.53 Å². The lowest BCUT2D eigenvalue weighted by atomic mass is 9.82. The van der Waals surface area contributed by atoms with Gasteiger partial charge >= 0.3 is 0 Å². The zero-order valence-corrected chi connectivity index (χ0v) is 13.1. The van der Waals surface area contributed by atoms with Gasteiger partial charge in [-0.25, -0.2) is 0 Å². The molecule has 19 heavy (non-hydrogen) atoms. The Labute approximate surface area is 121 Å². The number of carbonyl (C=O) groups is 1.